The first-order chi connectivity index (χ1) is 10.1. The Kier molecular flexibility index (Phi) is 5.08. The molecule has 0 saturated carbocycles. The van der Waals surface area contributed by atoms with E-state index in [2.05, 4.69) is 10.6 Å². The van der Waals surface area contributed by atoms with Crippen LogP contribution in [0.5, 0.6) is 0 Å². The van der Waals surface area contributed by atoms with Gasteiger partial charge < -0.3 is 20.2 Å². The number of hydrogen-bond acceptors (Lipinski definition) is 4. The van der Waals surface area contributed by atoms with Gasteiger partial charge in [-0.3, -0.25) is 4.79 Å². The highest BCUT2D eigenvalue weighted by Gasteiger charge is 2.05. The number of anilines is 1. The van der Waals surface area contributed by atoms with E-state index in [9.17, 15) is 4.79 Å². The Bertz CT molecular complexity index is 635. The summed E-state index contributed by atoms with van der Waals surface area (Å²) in [6.07, 6.45) is 0.381. The summed E-state index contributed by atoms with van der Waals surface area (Å²) in [6, 6.07) is 10.9. The van der Waals surface area contributed by atoms with Crippen molar-refractivity contribution in [3.63, 3.8) is 0 Å². The zero-order valence-electron chi connectivity index (χ0n) is 11.6. The Hall–Kier alpha value is -2.18. The zero-order chi connectivity index (χ0) is 15.2. The first kappa shape index (κ1) is 15.2. The Balaban J connectivity index is 2.01. The maximum Gasteiger partial charge on any atom is 0.225 e. The SMILES string of the molecule is CCC(=O)NC(=S)Nc1ccc(-c2ccc(CO)o2)cc1. The third-order valence-electron chi connectivity index (χ3n) is 2.82. The number of hydrogen-bond donors (Lipinski definition) is 3. The summed E-state index contributed by atoms with van der Waals surface area (Å²) in [5, 5.41) is 14.8. The fourth-order valence-electron chi connectivity index (χ4n) is 1.71. The number of thiocarbonyl (C=S) groups is 1. The second-order valence-corrected chi connectivity index (χ2v) is 4.77. The van der Waals surface area contributed by atoms with Crippen LogP contribution in [0.15, 0.2) is 40.8 Å². The molecule has 1 aromatic heterocycles. The quantitative estimate of drug-likeness (QED) is 0.757. The number of benzene rings is 1. The monoisotopic (exact) mass is 304 g/mol. The van der Waals surface area contributed by atoms with E-state index in [0.29, 0.717) is 17.9 Å². The first-order valence-electron chi connectivity index (χ1n) is 6.53. The highest BCUT2D eigenvalue weighted by atomic mass is 32.1. The molecule has 0 spiro atoms. The number of carbonyl (C=O) groups excluding carboxylic acids is 1. The van der Waals surface area contributed by atoms with Gasteiger partial charge in [0.15, 0.2) is 5.11 Å². The van der Waals surface area contributed by atoms with Gasteiger partial charge in [0.1, 0.15) is 18.1 Å². The van der Waals surface area contributed by atoms with E-state index in [4.69, 9.17) is 21.7 Å². The number of aliphatic hydroxyl groups excluding tert-OH is 1. The standard InChI is InChI=1S/C15H16N2O3S/c1-2-14(19)17-15(21)16-11-5-3-10(4-6-11)13-8-7-12(9-18)20-13/h3-8,18H,2,9H2,1H3,(H2,16,17,19,21). The van der Waals surface area contributed by atoms with Crippen LogP contribution in [0.25, 0.3) is 11.3 Å². The molecular formula is C15H16N2O3S. The second-order valence-electron chi connectivity index (χ2n) is 4.36. The van der Waals surface area contributed by atoms with Crippen LogP contribution in [0, 0.1) is 0 Å². The summed E-state index contributed by atoms with van der Waals surface area (Å²) in [5.41, 5.74) is 1.66. The van der Waals surface area contributed by atoms with Crippen LogP contribution >= 0.6 is 12.2 Å². The number of aliphatic hydroxyl groups is 1. The van der Waals surface area contributed by atoms with Gasteiger partial charge in [0.2, 0.25) is 5.91 Å². The van der Waals surface area contributed by atoms with Crippen molar-refractivity contribution >= 4 is 28.9 Å². The van der Waals surface area contributed by atoms with Gasteiger partial charge in [0.25, 0.3) is 0 Å². The van der Waals surface area contributed by atoms with Crippen molar-refractivity contribution in [1.29, 1.82) is 0 Å². The average Bonchev–Trinajstić information content (AvgIpc) is 2.96. The molecule has 0 atom stereocenters. The molecule has 0 bridgehead atoms. The third kappa shape index (κ3) is 4.14. The molecule has 0 unspecified atom stereocenters. The molecule has 3 N–H and O–H groups in total. The largest absolute Gasteiger partial charge is 0.459 e. The maximum atomic E-state index is 11.2. The number of amides is 1. The molecule has 21 heavy (non-hydrogen) atoms. The molecule has 0 saturated heterocycles. The normalized spacial score (nSPS) is 10.2. The predicted octanol–water partition coefficient (Wildman–Crippen LogP) is 2.66. The molecule has 0 fully saturated rings. The number of carbonyl (C=O) groups is 1. The highest BCUT2D eigenvalue weighted by Crippen LogP contribution is 2.23. The lowest BCUT2D eigenvalue weighted by atomic mass is 10.1. The van der Waals surface area contributed by atoms with Crippen molar-refractivity contribution in [1.82, 2.24) is 5.32 Å². The molecule has 1 aromatic carbocycles. The van der Waals surface area contributed by atoms with Gasteiger partial charge in [-0.15, -0.1) is 0 Å². The summed E-state index contributed by atoms with van der Waals surface area (Å²) in [4.78, 5) is 11.2. The van der Waals surface area contributed by atoms with E-state index >= 15 is 0 Å². The van der Waals surface area contributed by atoms with Crippen LogP contribution in [0.4, 0.5) is 5.69 Å². The highest BCUT2D eigenvalue weighted by molar-refractivity contribution is 7.80. The van der Waals surface area contributed by atoms with Gasteiger partial charge in [0, 0.05) is 17.7 Å². The molecule has 5 nitrogen and oxygen atoms in total. The molecule has 0 aliphatic rings. The van der Waals surface area contributed by atoms with E-state index in [1.807, 2.05) is 24.3 Å². The molecule has 110 valence electrons. The molecule has 0 aliphatic carbocycles. The van der Waals surface area contributed by atoms with Crippen LogP contribution < -0.4 is 10.6 Å². The Morgan fingerprint density at radius 3 is 2.52 bits per heavy atom. The fourth-order valence-corrected chi connectivity index (χ4v) is 1.94. The summed E-state index contributed by atoms with van der Waals surface area (Å²) >= 11 is 5.03. The lowest BCUT2D eigenvalue weighted by Gasteiger charge is -2.09. The van der Waals surface area contributed by atoms with Crippen LogP contribution in [0.3, 0.4) is 0 Å². The lowest BCUT2D eigenvalue weighted by Crippen LogP contribution is -2.33. The molecular weight excluding hydrogens is 288 g/mol. The van der Waals surface area contributed by atoms with E-state index in [-0.39, 0.29) is 17.6 Å². The molecule has 0 radical (unpaired) electrons. The minimum Gasteiger partial charge on any atom is -0.459 e. The van der Waals surface area contributed by atoms with Crippen molar-refractivity contribution < 1.29 is 14.3 Å². The third-order valence-corrected chi connectivity index (χ3v) is 3.02. The van der Waals surface area contributed by atoms with Crippen molar-refractivity contribution in [3.8, 4) is 11.3 Å². The van der Waals surface area contributed by atoms with E-state index < -0.39 is 0 Å². The molecule has 0 aliphatic heterocycles. The van der Waals surface area contributed by atoms with Crippen LogP contribution in [-0.2, 0) is 11.4 Å². The number of rotatable bonds is 4. The van der Waals surface area contributed by atoms with Gasteiger partial charge in [-0.2, -0.15) is 0 Å². The van der Waals surface area contributed by atoms with Crippen molar-refractivity contribution in [2.24, 2.45) is 0 Å². The van der Waals surface area contributed by atoms with Gasteiger partial charge in [-0.1, -0.05) is 6.92 Å². The molecule has 6 heteroatoms. The minimum atomic E-state index is -0.128. The fraction of sp³-hybridized carbons (Fsp3) is 0.200. The molecule has 1 heterocycles. The Labute approximate surface area is 128 Å². The number of furan rings is 1. The van der Waals surface area contributed by atoms with Crippen LogP contribution in [-0.4, -0.2) is 16.1 Å². The van der Waals surface area contributed by atoms with Crippen molar-refractivity contribution in [2.45, 2.75) is 20.0 Å². The summed E-state index contributed by atoms with van der Waals surface area (Å²) in [7, 11) is 0. The second kappa shape index (κ2) is 7.01. The Morgan fingerprint density at radius 2 is 1.95 bits per heavy atom. The average molecular weight is 304 g/mol. The molecule has 1 amide bonds. The zero-order valence-corrected chi connectivity index (χ0v) is 12.4. The van der Waals surface area contributed by atoms with Crippen LogP contribution in [0.2, 0.25) is 0 Å². The summed E-state index contributed by atoms with van der Waals surface area (Å²) in [6.45, 7) is 1.64. The topological polar surface area (TPSA) is 74.5 Å². The lowest BCUT2D eigenvalue weighted by molar-refractivity contribution is -0.119. The minimum absolute atomic E-state index is 0.120. The van der Waals surface area contributed by atoms with Gasteiger partial charge in [-0.05, 0) is 48.6 Å². The van der Waals surface area contributed by atoms with E-state index in [1.165, 1.54) is 0 Å². The van der Waals surface area contributed by atoms with E-state index in [0.717, 1.165) is 11.3 Å². The van der Waals surface area contributed by atoms with E-state index in [1.54, 1.807) is 19.1 Å². The van der Waals surface area contributed by atoms with Gasteiger partial charge in [-0.25, -0.2) is 0 Å². The summed E-state index contributed by atoms with van der Waals surface area (Å²) < 4.78 is 5.45. The van der Waals surface area contributed by atoms with Crippen molar-refractivity contribution in [3.05, 3.63) is 42.2 Å². The molecule has 2 aromatic rings. The number of nitrogens with one attached hydrogen (secondary N) is 2. The molecule has 2 rings (SSSR count). The maximum absolute atomic E-state index is 11.2. The summed E-state index contributed by atoms with van der Waals surface area (Å²) in [5.74, 6) is 1.08. The van der Waals surface area contributed by atoms with Gasteiger partial charge >= 0.3 is 0 Å². The van der Waals surface area contributed by atoms with Crippen LogP contribution in [0.1, 0.15) is 19.1 Å². The smallest absolute Gasteiger partial charge is 0.225 e. The van der Waals surface area contributed by atoms with Gasteiger partial charge in [0.05, 0.1) is 0 Å². The van der Waals surface area contributed by atoms with Crippen molar-refractivity contribution in [2.75, 3.05) is 5.32 Å². The first-order valence-corrected chi connectivity index (χ1v) is 6.94. The Morgan fingerprint density at radius 1 is 1.24 bits per heavy atom. The predicted molar refractivity (Wildman–Crippen MR) is 84.7 cm³/mol.